The van der Waals surface area contributed by atoms with Crippen molar-refractivity contribution in [2.24, 2.45) is 0 Å². The monoisotopic (exact) mass is 294 g/mol. The lowest BCUT2D eigenvalue weighted by molar-refractivity contribution is 0.199. The van der Waals surface area contributed by atoms with Gasteiger partial charge in [0, 0.05) is 6.04 Å². The Balaban J connectivity index is 2.09. The Morgan fingerprint density at radius 3 is 2.70 bits per heavy atom. The molecule has 0 fully saturated rings. The van der Waals surface area contributed by atoms with Crippen LogP contribution in [0.25, 0.3) is 0 Å². The molecule has 0 spiro atoms. The number of imidazole rings is 1. The van der Waals surface area contributed by atoms with Gasteiger partial charge in [-0.3, -0.25) is 0 Å². The quantitative estimate of drug-likeness (QED) is 0.913. The van der Waals surface area contributed by atoms with Crippen LogP contribution in [0.15, 0.2) is 30.7 Å². The minimum absolute atomic E-state index is 0.337. The second-order valence-electron chi connectivity index (χ2n) is 5.04. The minimum atomic E-state index is -0.538. The van der Waals surface area contributed by atoms with Crippen LogP contribution < -0.4 is 4.74 Å². The van der Waals surface area contributed by atoms with E-state index in [1.165, 1.54) is 0 Å². The first kappa shape index (κ1) is 14.9. The van der Waals surface area contributed by atoms with Gasteiger partial charge in [-0.25, -0.2) is 4.98 Å². The molecule has 1 N–H and O–H groups in total. The van der Waals surface area contributed by atoms with Crippen LogP contribution in [0.5, 0.6) is 5.75 Å². The van der Waals surface area contributed by atoms with Crippen molar-refractivity contribution in [3.05, 3.63) is 47.0 Å². The summed E-state index contributed by atoms with van der Waals surface area (Å²) in [4.78, 5) is 4.13. The summed E-state index contributed by atoms with van der Waals surface area (Å²) in [5.41, 5.74) is 1.77. The molecular weight excluding hydrogens is 276 g/mol. The van der Waals surface area contributed by atoms with Gasteiger partial charge in [-0.2, -0.15) is 0 Å². The standard InChI is InChI=1S/C15H19ClN2O2/c1-10(2)18-9-17-7-13(18)8-20-15-5-4-12(11(3)19)6-14(15)16/h4-7,9-11,19H,8H2,1-3H3. The third kappa shape index (κ3) is 3.32. The van der Waals surface area contributed by atoms with Gasteiger partial charge in [-0.15, -0.1) is 0 Å². The SMILES string of the molecule is CC(O)c1ccc(OCc2cncn2C(C)C)c(Cl)c1. The lowest BCUT2D eigenvalue weighted by Gasteiger charge is -2.14. The van der Waals surface area contributed by atoms with E-state index in [9.17, 15) is 5.11 Å². The zero-order chi connectivity index (χ0) is 14.7. The van der Waals surface area contributed by atoms with Gasteiger partial charge in [0.2, 0.25) is 0 Å². The van der Waals surface area contributed by atoms with Gasteiger partial charge < -0.3 is 14.4 Å². The molecule has 20 heavy (non-hydrogen) atoms. The number of aliphatic hydroxyl groups is 1. The predicted molar refractivity (Wildman–Crippen MR) is 79.0 cm³/mol. The number of hydrogen-bond acceptors (Lipinski definition) is 3. The second-order valence-corrected chi connectivity index (χ2v) is 5.45. The van der Waals surface area contributed by atoms with Crippen molar-refractivity contribution in [1.82, 2.24) is 9.55 Å². The van der Waals surface area contributed by atoms with Crippen LogP contribution in [0.2, 0.25) is 5.02 Å². The van der Waals surface area contributed by atoms with E-state index in [1.54, 1.807) is 31.6 Å². The van der Waals surface area contributed by atoms with E-state index in [-0.39, 0.29) is 0 Å². The van der Waals surface area contributed by atoms with E-state index in [1.807, 2.05) is 6.07 Å². The van der Waals surface area contributed by atoms with Crippen molar-refractivity contribution in [2.75, 3.05) is 0 Å². The molecule has 0 saturated carbocycles. The van der Waals surface area contributed by atoms with E-state index < -0.39 is 6.10 Å². The Morgan fingerprint density at radius 1 is 1.35 bits per heavy atom. The van der Waals surface area contributed by atoms with Crippen LogP contribution in [0.4, 0.5) is 0 Å². The maximum Gasteiger partial charge on any atom is 0.138 e. The molecular formula is C15H19ClN2O2. The third-order valence-corrected chi connectivity index (χ3v) is 3.41. The number of rotatable bonds is 5. The molecule has 5 heteroatoms. The number of hydrogen-bond donors (Lipinski definition) is 1. The van der Waals surface area contributed by atoms with Gasteiger partial charge in [-0.1, -0.05) is 17.7 Å². The second kappa shape index (κ2) is 6.29. The first-order valence-electron chi connectivity index (χ1n) is 6.60. The summed E-state index contributed by atoms with van der Waals surface area (Å²) >= 11 is 6.16. The highest BCUT2D eigenvalue weighted by atomic mass is 35.5. The van der Waals surface area contributed by atoms with Crippen molar-refractivity contribution in [3.63, 3.8) is 0 Å². The molecule has 0 bridgehead atoms. The lowest BCUT2D eigenvalue weighted by Crippen LogP contribution is -2.07. The van der Waals surface area contributed by atoms with Crippen molar-refractivity contribution >= 4 is 11.6 Å². The summed E-state index contributed by atoms with van der Waals surface area (Å²) in [5, 5.41) is 10.0. The fourth-order valence-electron chi connectivity index (χ4n) is 1.95. The minimum Gasteiger partial charge on any atom is -0.486 e. The lowest BCUT2D eigenvalue weighted by atomic mass is 10.1. The summed E-state index contributed by atoms with van der Waals surface area (Å²) in [6.07, 6.45) is 3.04. The summed E-state index contributed by atoms with van der Waals surface area (Å²) in [7, 11) is 0. The number of halogens is 1. The Morgan fingerprint density at radius 2 is 2.10 bits per heavy atom. The maximum absolute atomic E-state index is 9.51. The molecule has 2 aromatic rings. The Labute approximate surface area is 124 Å². The molecule has 108 valence electrons. The van der Waals surface area contributed by atoms with Gasteiger partial charge in [0.15, 0.2) is 0 Å². The molecule has 0 aliphatic heterocycles. The fourth-order valence-corrected chi connectivity index (χ4v) is 2.20. The molecule has 1 heterocycles. The highest BCUT2D eigenvalue weighted by Crippen LogP contribution is 2.28. The van der Waals surface area contributed by atoms with Gasteiger partial charge >= 0.3 is 0 Å². The first-order chi connectivity index (χ1) is 9.49. The summed E-state index contributed by atoms with van der Waals surface area (Å²) in [5.74, 6) is 0.604. The molecule has 1 aromatic heterocycles. The number of benzene rings is 1. The fraction of sp³-hybridized carbons (Fsp3) is 0.400. The smallest absolute Gasteiger partial charge is 0.138 e. The normalized spacial score (nSPS) is 12.7. The average molecular weight is 295 g/mol. The molecule has 1 atom stereocenters. The third-order valence-electron chi connectivity index (χ3n) is 3.12. The number of ether oxygens (including phenoxy) is 1. The van der Waals surface area contributed by atoms with Crippen molar-refractivity contribution in [1.29, 1.82) is 0 Å². The summed E-state index contributed by atoms with van der Waals surface area (Å²) in [6, 6.07) is 5.65. The molecule has 0 aliphatic carbocycles. The molecule has 0 radical (unpaired) electrons. The Hall–Kier alpha value is -1.52. The highest BCUT2D eigenvalue weighted by molar-refractivity contribution is 6.32. The van der Waals surface area contributed by atoms with Gasteiger partial charge in [0.25, 0.3) is 0 Å². The molecule has 0 saturated heterocycles. The summed E-state index contributed by atoms with van der Waals surface area (Å²) < 4.78 is 7.79. The van der Waals surface area contributed by atoms with Crippen LogP contribution in [0.3, 0.4) is 0 Å². The molecule has 1 unspecified atom stereocenters. The zero-order valence-corrected chi connectivity index (χ0v) is 12.6. The average Bonchev–Trinajstić information content (AvgIpc) is 2.85. The van der Waals surface area contributed by atoms with E-state index in [2.05, 4.69) is 23.4 Å². The van der Waals surface area contributed by atoms with Crippen LogP contribution >= 0.6 is 11.6 Å². The van der Waals surface area contributed by atoms with Gasteiger partial charge in [0.05, 0.1) is 29.3 Å². The Bertz CT molecular complexity index is 579. The topological polar surface area (TPSA) is 47.3 Å². The van der Waals surface area contributed by atoms with E-state index in [0.29, 0.717) is 23.4 Å². The maximum atomic E-state index is 9.51. The van der Waals surface area contributed by atoms with E-state index in [4.69, 9.17) is 16.3 Å². The molecule has 1 aromatic carbocycles. The van der Waals surface area contributed by atoms with Crippen LogP contribution in [0.1, 0.15) is 44.2 Å². The van der Waals surface area contributed by atoms with E-state index >= 15 is 0 Å². The van der Waals surface area contributed by atoms with Crippen LogP contribution in [-0.2, 0) is 6.61 Å². The van der Waals surface area contributed by atoms with Crippen molar-refractivity contribution in [3.8, 4) is 5.75 Å². The van der Waals surface area contributed by atoms with Crippen LogP contribution in [0, 0.1) is 0 Å². The molecule has 2 rings (SSSR count). The van der Waals surface area contributed by atoms with Gasteiger partial charge in [0.1, 0.15) is 12.4 Å². The highest BCUT2D eigenvalue weighted by Gasteiger charge is 2.09. The zero-order valence-electron chi connectivity index (χ0n) is 11.9. The van der Waals surface area contributed by atoms with Crippen molar-refractivity contribution in [2.45, 2.75) is 39.5 Å². The molecule has 0 aliphatic rings. The largest absolute Gasteiger partial charge is 0.486 e. The van der Waals surface area contributed by atoms with Gasteiger partial charge in [-0.05, 0) is 38.5 Å². The van der Waals surface area contributed by atoms with E-state index in [0.717, 1.165) is 11.3 Å². The predicted octanol–water partition coefficient (Wildman–Crippen LogP) is 3.75. The molecule has 0 amide bonds. The summed E-state index contributed by atoms with van der Waals surface area (Å²) in [6.45, 7) is 6.30. The Kier molecular flexibility index (Phi) is 4.68. The molecule has 4 nitrogen and oxygen atoms in total. The number of aliphatic hydroxyl groups excluding tert-OH is 1. The van der Waals surface area contributed by atoms with Crippen molar-refractivity contribution < 1.29 is 9.84 Å². The number of aromatic nitrogens is 2. The van der Waals surface area contributed by atoms with Crippen LogP contribution in [-0.4, -0.2) is 14.7 Å². The number of nitrogens with zero attached hydrogens (tertiary/aromatic N) is 2. The first-order valence-corrected chi connectivity index (χ1v) is 6.98.